The third-order valence-electron chi connectivity index (χ3n) is 8.60. The standard InChI is InChI=1S/C35H44ClN3O10S/c36-28-8-7-24(50(46)16-15-47-14-13-38-34(45)39-29(19-40)32(43)33(44)30(42)20-41)17-22(28)21-48-35(10-11-35)27-18-37-12-9-25(27)26-3-1-2-4-31(26)49-23-5-6-23/h1-4,7-9,12,17-18,23,29-30,32-33,40-44H,5-6,10-11,13-16,19-21H2,(H2,38,39,45)/t29-,30+,32+,33+,50?/m0/s1. The Hall–Kier alpha value is -3.18. The maximum absolute atomic E-state index is 13.1. The van der Waals surface area contributed by atoms with E-state index in [1.54, 1.807) is 24.4 Å². The van der Waals surface area contributed by atoms with Gasteiger partial charge in [0.05, 0.1) is 67.3 Å². The number of aliphatic hydroxyl groups is 5. The fourth-order valence-corrected chi connectivity index (χ4v) is 6.57. The number of para-hydroxylation sites is 1. The lowest BCUT2D eigenvalue weighted by molar-refractivity contribution is -0.0902. The second kappa shape index (κ2) is 17.8. The number of aromatic nitrogens is 1. The summed E-state index contributed by atoms with van der Waals surface area (Å²) in [6.07, 6.45) is 2.56. The molecule has 5 atom stereocenters. The van der Waals surface area contributed by atoms with Gasteiger partial charge in [0.2, 0.25) is 0 Å². The Morgan fingerprint density at radius 1 is 1.02 bits per heavy atom. The molecule has 0 spiro atoms. The van der Waals surface area contributed by atoms with Crippen LogP contribution in [0.25, 0.3) is 11.1 Å². The van der Waals surface area contributed by atoms with Gasteiger partial charge in [-0.05, 0) is 67.1 Å². The molecule has 1 heterocycles. The van der Waals surface area contributed by atoms with Gasteiger partial charge in [0.1, 0.15) is 24.1 Å². The molecule has 2 saturated carbocycles. The largest absolute Gasteiger partial charge is 0.490 e. The molecule has 0 aliphatic heterocycles. The van der Waals surface area contributed by atoms with E-state index in [4.69, 9.17) is 30.9 Å². The van der Waals surface area contributed by atoms with Gasteiger partial charge < -0.3 is 50.4 Å². The van der Waals surface area contributed by atoms with Gasteiger partial charge in [-0.15, -0.1) is 0 Å². The smallest absolute Gasteiger partial charge is 0.315 e. The molecule has 7 N–H and O–H groups in total. The van der Waals surface area contributed by atoms with Crippen molar-refractivity contribution < 1.29 is 48.7 Å². The first-order chi connectivity index (χ1) is 24.2. The number of urea groups is 1. The fourth-order valence-electron chi connectivity index (χ4n) is 5.40. The molecule has 2 fully saturated rings. The Labute approximate surface area is 298 Å². The molecule has 13 nitrogen and oxygen atoms in total. The molecule has 15 heteroatoms. The van der Waals surface area contributed by atoms with E-state index in [0.717, 1.165) is 48.1 Å². The minimum Gasteiger partial charge on any atom is -0.490 e. The van der Waals surface area contributed by atoms with Gasteiger partial charge in [0.25, 0.3) is 0 Å². The van der Waals surface area contributed by atoms with Crippen LogP contribution in [0.2, 0.25) is 5.02 Å². The molecule has 1 unspecified atom stereocenters. The highest BCUT2D eigenvalue weighted by Gasteiger charge is 2.48. The molecular formula is C35H44ClN3O10S. The van der Waals surface area contributed by atoms with Crippen LogP contribution in [0.3, 0.4) is 0 Å². The van der Waals surface area contributed by atoms with Gasteiger partial charge in [-0.3, -0.25) is 9.19 Å². The number of aliphatic hydroxyl groups excluding tert-OH is 5. The van der Waals surface area contributed by atoms with Gasteiger partial charge in [0.15, 0.2) is 0 Å². The number of nitrogens with one attached hydrogen (secondary N) is 2. The number of carbonyl (C=O) groups is 1. The Kier molecular flexibility index (Phi) is 13.6. The second-order valence-corrected chi connectivity index (χ2v) is 14.3. The van der Waals surface area contributed by atoms with E-state index >= 15 is 0 Å². The zero-order valence-electron chi connectivity index (χ0n) is 27.4. The van der Waals surface area contributed by atoms with Crippen LogP contribution in [0, 0.1) is 0 Å². The number of pyridine rings is 1. The third-order valence-corrected chi connectivity index (χ3v) is 10.3. The summed E-state index contributed by atoms with van der Waals surface area (Å²) in [7, 11) is -1.40. The van der Waals surface area contributed by atoms with Crippen molar-refractivity contribution in [2.75, 3.05) is 38.7 Å². The number of benzene rings is 2. The number of amides is 2. The van der Waals surface area contributed by atoms with Crippen molar-refractivity contribution in [3.63, 3.8) is 0 Å². The lowest BCUT2D eigenvalue weighted by Crippen LogP contribution is -2.56. The average molecular weight is 734 g/mol. The van der Waals surface area contributed by atoms with Crippen LogP contribution in [0.4, 0.5) is 4.79 Å². The van der Waals surface area contributed by atoms with Gasteiger partial charge in [-0.1, -0.05) is 29.8 Å². The Morgan fingerprint density at radius 3 is 2.52 bits per heavy atom. The molecular weight excluding hydrogens is 690 g/mol. The Balaban J connectivity index is 1.09. The number of hydrogen-bond donors (Lipinski definition) is 7. The van der Waals surface area contributed by atoms with E-state index in [-0.39, 0.29) is 38.2 Å². The summed E-state index contributed by atoms with van der Waals surface area (Å²) in [4.78, 5) is 17.1. The highest BCUT2D eigenvalue weighted by Crippen LogP contribution is 2.53. The molecule has 1 aromatic heterocycles. The summed E-state index contributed by atoms with van der Waals surface area (Å²) >= 11 is 6.55. The first-order valence-corrected chi connectivity index (χ1v) is 18.2. The minimum absolute atomic E-state index is 0.0660. The topological polar surface area (TPSA) is 200 Å². The normalized spacial score (nSPS) is 18.0. The first-order valence-electron chi connectivity index (χ1n) is 16.5. The molecule has 2 aliphatic rings. The molecule has 50 heavy (non-hydrogen) atoms. The molecule has 0 bridgehead atoms. The van der Waals surface area contributed by atoms with Crippen LogP contribution in [0.15, 0.2) is 65.8 Å². The SMILES string of the molecule is O=C(NCCOCCS(=O)c1ccc(Cl)c(COC2(c3cnccc3-c3ccccc3OC3CC3)CC2)c1)N[C@@H](CO)[C@@H](O)[C@H](O)[C@H](O)CO. The van der Waals surface area contributed by atoms with Gasteiger partial charge >= 0.3 is 6.03 Å². The molecule has 5 rings (SSSR count). The van der Waals surface area contributed by atoms with Crippen LogP contribution in [-0.4, -0.2) is 110 Å². The van der Waals surface area contributed by atoms with Crippen molar-refractivity contribution in [1.82, 2.24) is 15.6 Å². The summed E-state index contributed by atoms with van der Waals surface area (Å²) in [5.74, 6) is 1.05. The van der Waals surface area contributed by atoms with E-state index in [2.05, 4.69) is 21.7 Å². The predicted octanol–water partition coefficient (Wildman–Crippen LogP) is 2.01. The highest BCUT2D eigenvalue weighted by molar-refractivity contribution is 7.85. The van der Waals surface area contributed by atoms with Gasteiger partial charge in [0, 0.05) is 40.0 Å². The van der Waals surface area contributed by atoms with Crippen molar-refractivity contribution in [2.45, 2.75) is 73.2 Å². The molecule has 272 valence electrons. The summed E-state index contributed by atoms with van der Waals surface area (Å²) in [6.45, 7) is -0.999. The van der Waals surface area contributed by atoms with Gasteiger partial charge in [-0.25, -0.2) is 4.79 Å². The fraction of sp³-hybridized carbons (Fsp3) is 0.486. The van der Waals surface area contributed by atoms with Crippen molar-refractivity contribution in [3.05, 3.63) is 77.1 Å². The quantitative estimate of drug-likeness (QED) is 0.0839. The van der Waals surface area contributed by atoms with Crippen molar-refractivity contribution >= 4 is 28.4 Å². The molecule has 3 aromatic rings. The number of rotatable bonds is 20. The Bertz CT molecular complexity index is 1610. The molecule has 0 radical (unpaired) electrons. The molecule has 2 aliphatic carbocycles. The third kappa shape index (κ3) is 9.99. The minimum atomic E-state index is -1.78. The molecule has 2 amide bonds. The van der Waals surface area contributed by atoms with Crippen LogP contribution in [0.1, 0.15) is 36.8 Å². The number of carbonyl (C=O) groups excluding carboxylic acids is 1. The average Bonchev–Trinajstić information content (AvgIpc) is 4.08. The van der Waals surface area contributed by atoms with E-state index < -0.39 is 60.0 Å². The maximum Gasteiger partial charge on any atom is 0.315 e. The first kappa shape index (κ1) is 38.1. The van der Waals surface area contributed by atoms with E-state index in [1.165, 1.54) is 0 Å². The van der Waals surface area contributed by atoms with E-state index in [0.29, 0.717) is 15.5 Å². The zero-order chi connectivity index (χ0) is 35.7. The summed E-state index contributed by atoms with van der Waals surface area (Å²) < 4.78 is 31.4. The van der Waals surface area contributed by atoms with Crippen molar-refractivity contribution in [1.29, 1.82) is 0 Å². The Morgan fingerprint density at radius 2 is 1.80 bits per heavy atom. The predicted molar refractivity (Wildman–Crippen MR) is 185 cm³/mol. The second-order valence-electron chi connectivity index (χ2n) is 12.4. The monoisotopic (exact) mass is 733 g/mol. The number of halogens is 1. The lowest BCUT2D eigenvalue weighted by atomic mass is 9.96. The maximum atomic E-state index is 13.1. The molecule has 0 saturated heterocycles. The van der Waals surface area contributed by atoms with Crippen molar-refractivity contribution in [2.24, 2.45) is 0 Å². The van der Waals surface area contributed by atoms with Crippen LogP contribution < -0.4 is 15.4 Å². The lowest BCUT2D eigenvalue weighted by Gasteiger charge is -2.28. The number of hydrogen-bond acceptors (Lipinski definition) is 11. The summed E-state index contributed by atoms with van der Waals surface area (Å²) in [5, 5.41) is 52.9. The highest BCUT2D eigenvalue weighted by atomic mass is 35.5. The van der Waals surface area contributed by atoms with E-state index in [1.807, 2.05) is 30.5 Å². The van der Waals surface area contributed by atoms with Crippen molar-refractivity contribution in [3.8, 4) is 16.9 Å². The summed E-state index contributed by atoms with van der Waals surface area (Å²) in [6, 6.07) is 13.2. The van der Waals surface area contributed by atoms with Gasteiger partial charge in [-0.2, -0.15) is 0 Å². The van der Waals surface area contributed by atoms with Crippen LogP contribution in [-0.2, 0) is 32.5 Å². The number of nitrogens with zero attached hydrogens (tertiary/aromatic N) is 1. The van der Waals surface area contributed by atoms with Crippen LogP contribution in [0.5, 0.6) is 5.75 Å². The number of ether oxygens (including phenoxy) is 3. The van der Waals surface area contributed by atoms with E-state index in [9.17, 15) is 29.4 Å². The summed E-state index contributed by atoms with van der Waals surface area (Å²) in [5.41, 5.74) is 3.22. The van der Waals surface area contributed by atoms with Crippen LogP contribution >= 0.6 is 11.6 Å². The zero-order valence-corrected chi connectivity index (χ0v) is 29.0. The molecule has 2 aromatic carbocycles.